The minimum atomic E-state index is -0.623. The first kappa shape index (κ1) is 14.4. The number of hydrazine groups is 1. The number of nitrogens with one attached hydrogen (secondary N) is 2. The van der Waals surface area contributed by atoms with Crippen molar-refractivity contribution in [3.63, 3.8) is 0 Å². The molecule has 0 saturated carbocycles. The third-order valence-electron chi connectivity index (χ3n) is 2.08. The molecule has 0 saturated heterocycles. The minimum Gasteiger partial charge on any atom is -0.484 e. The van der Waals surface area contributed by atoms with E-state index >= 15 is 0 Å². The van der Waals surface area contributed by atoms with Crippen molar-refractivity contribution in [2.75, 3.05) is 13.7 Å². The zero-order chi connectivity index (χ0) is 14.3. The number of carbonyl (C=O) groups is 2. The highest BCUT2D eigenvalue weighted by atomic mass is 16.5. The molecule has 0 aliphatic rings. The maximum Gasteiger partial charge on any atom is 0.425 e. The van der Waals surface area contributed by atoms with Crippen LogP contribution >= 0.6 is 0 Å². The molecule has 0 aliphatic heterocycles. The largest absolute Gasteiger partial charge is 0.484 e. The van der Waals surface area contributed by atoms with Gasteiger partial charge in [0.25, 0.3) is 5.91 Å². The highest BCUT2D eigenvalue weighted by Gasteiger charge is 2.02. The molecule has 102 valence electrons. The Morgan fingerprint density at radius 1 is 1.26 bits per heavy atom. The molecule has 0 fully saturated rings. The van der Waals surface area contributed by atoms with Gasteiger partial charge in [-0.1, -0.05) is 6.58 Å². The SMILES string of the molecule is C=C(NNC(=O)OC)c1ccc(OCC(N)=O)cc1. The maximum absolute atomic E-state index is 10.8. The molecule has 1 aromatic rings. The van der Waals surface area contributed by atoms with Gasteiger partial charge in [0.2, 0.25) is 0 Å². The van der Waals surface area contributed by atoms with Gasteiger partial charge < -0.3 is 15.2 Å². The van der Waals surface area contributed by atoms with Crippen molar-refractivity contribution in [3.8, 4) is 5.75 Å². The lowest BCUT2D eigenvalue weighted by Gasteiger charge is -2.11. The lowest BCUT2D eigenvalue weighted by molar-refractivity contribution is -0.119. The Morgan fingerprint density at radius 2 is 1.89 bits per heavy atom. The van der Waals surface area contributed by atoms with E-state index in [0.29, 0.717) is 11.4 Å². The summed E-state index contributed by atoms with van der Waals surface area (Å²) in [5, 5.41) is 0. The fourth-order valence-electron chi connectivity index (χ4n) is 1.16. The Kier molecular flexibility index (Phi) is 5.21. The number of amides is 2. The van der Waals surface area contributed by atoms with Gasteiger partial charge in [-0.2, -0.15) is 0 Å². The molecule has 19 heavy (non-hydrogen) atoms. The fourth-order valence-corrected chi connectivity index (χ4v) is 1.16. The first-order chi connectivity index (χ1) is 9.02. The third kappa shape index (κ3) is 4.99. The highest BCUT2D eigenvalue weighted by molar-refractivity contribution is 5.75. The van der Waals surface area contributed by atoms with Gasteiger partial charge in [-0.15, -0.1) is 0 Å². The van der Waals surface area contributed by atoms with Crippen molar-refractivity contribution < 1.29 is 19.1 Å². The van der Waals surface area contributed by atoms with E-state index < -0.39 is 12.0 Å². The second kappa shape index (κ2) is 6.90. The van der Waals surface area contributed by atoms with Crippen molar-refractivity contribution >= 4 is 17.7 Å². The van der Waals surface area contributed by atoms with Gasteiger partial charge in [-0.05, 0) is 29.8 Å². The number of nitrogens with two attached hydrogens (primary N) is 1. The summed E-state index contributed by atoms with van der Waals surface area (Å²) >= 11 is 0. The molecule has 0 aromatic heterocycles. The van der Waals surface area contributed by atoms with E-state index in [4.69, 9.17) is 10.5 Å². The Hall–Kier alpha value is -2.70. The molecule has 1 rings (SSSR count). The Balaban J connectivity index is 2.53. The monoisotopic (exact) mass is 265 g/mol. The second-order valence-electron chi connectivity index (χ2n) is 3.50. The van der Waals surface area contributed by atoms with Gasteiger partial charge in [0.15, 0.2) is 6.61 Å². The summed E-state index contributed by atoms with van der Waals surface area (Å²) in [4.78, 5) is 21.4. The molecule has 1 aromatic carbocycles. The van der Waals surface area contributed by atoms with E-state index in [0.717, 1.165) is 5.56 Å². The van der Waals surface area contributed by atoms with Crippen LogP contribution in [0.25, 0.3) is 5.70 Å². The summed E-state index contributed by atoms with van der Waals surface area (Å²) in [5.74, 6) is -0.0336. The number of rotatable bonds is 6. The number of methoxy groups -OCH3 is 1. The average molecular weight is 265 g/mol. The summed E-state index contributed by atoms with van der Waals surface area (Å²) in [7, 11) is 1.25. The molecule has 7 nitrogen and oxygen atoms in total. The Bertz CT molecular complexity index is 470. The molecule has 0 bridgehead atoms. The average Bonchev–Trinajstić information content (AvgIpc) is 2.42. The van der Waals surface area contributed by atoms with Crippen molar-refractivity contribution in [1.82, 2.24) is 10.9 Å². The molecule has 4 N–H and O–H groups in total. The van der Waals surface area contributed by atoms with Crippen LogP contribution in [0, 0.1) is 0 Å². The lowest BCUT2D eigenvalue weighted by atomic mass is 10.2. The number of ether oxygens (including phenoxy) is 2. The fraction of sp³-hybridized carbons (Fsp3) is 0.167. The van der Waals surface area contributed by atoms with Crippen molar-refractivity contribution in [2.45, 2.75) is 0 Å². The number of hydrogen-bond donors (Lipinski definition) is 3. The van der Waals surface area contributed by atoms with Crippen LogP contribution in [0.3, 0.4) is 0 Å². The Morgan fingerprint density at radius 3 is 2.42 bits per heavy atom. The molecule has 0 spiro atoms. The quantitative estimate of drug-likeness (QED) is 0.645. The van der Waals surface area contributed by atoms with Crippen LogP contribution in [0.2, 0.25) is 0 Å². The summed E-state index contributed by atoms with van der Waals surface area (Å²) in [6, 6.07) is 6.74. The first-order valence-corrected chi connectivity index (χ1v) is 5.33. The topological polar surface area (TPSA) is 103 Å². The summed E-state index contributed by atoms with van der Waals surface area (Å²) in [6.45, 7) is 3.56. The molecule has 2 amide bonds. The molecule has 0 unspecified atom stereocenters. The molecular weight excluding hydrogens is 250 g/mol. The molecule has 7 heteroatoms. The summed E-state index contributed by atoms with van der Waals surface area (Å²) in [6.07, 6.45) is -0.623. The maximum atomic E-state index is 10.8. The van der Waals surface area contributed by atoms with Crippen LogP contribution in [0.1, 0.15) is 5.56 Å². The summed E-state index contributed by atoms with van der Waals surface area (Å²) in [5.41, 5.74) is 11.0. The van der Waals surface area contributed by atoms with Gasteiger partial charge in [-0.3, -0.25) is 10.2 Å². The van der Waals surface area contributed by atoms with Crippen LogP contribution in [0.5, 0.6) is 5.75 Å². The van der Waals surface area contributed by atoms with E-state index in [1.54, 1.807) is 24.3 Å². The van der Waals surface area contributed by atoms with Crippen molar-refractivity contribution in [1.29, 1.82) is 0 Å². The highest BCUT2D eigenvalue weighted by Crippen LogP contribution is 2.15. The van der Waals surface area contributed by atoms with Crippen molar-refractivity contribution in [2.24, 2.45) is 5.73 Å². The Labute approximate surface area is 110 Å². The zero-order valence-electron chi connectivity index (χ0n) is 10.4. The van der Waals surface area contributed by atoms with Crippen LogP contribution in [-0.4, -0.2) is 25.7 Å². The van der Waals surface area contributed by atoms with Gasteiger partial charge in [0, 0.05) is 0 Å². The second-order valence-corrected chi connectivity index (χ2v) is 3.50. The number of primary amides is 1. The lowest BCUT2D eigenvalue weighted by Crippen LogP contribution is -2.35. The van der Waals surface area contributed by atoms with Crippen LogP contribution in [0.15, 0.2) is 30.8 Å². The first-order valence-electron chi connectivity index (χ1n) is 5.33. The van der Waals surface area contributed by atoms with E-state index in [-0.39, 0.29) is 6.61 Å². The minimum absolute atomic E-state index is 0.178. The number of hydrogen-bond acceptors (Lipinski definition) is 5. The molecular formula is C12H15N3O4. The standard InChI is InChI=1S/C12H15N3O4/c1-8(14-15-12(17)18-2)9-3-5-10(6-4-9)19-7-11(13)16/h3-6,14H,1,7H2,2H3,(H2,13,16)(H,15,17). The number of carbonyl (C=O) groups excluding carboxylic acids is 2. The van der Waals surface area contributed by atoms with E-state index in [2.05, 4.69) is 22.2 Å². The van der Waals surface area contributed by atoms with Crippen LogP contribution < -0.4 is 21.3 Å². The molecule has 0 aliphatic carbocycles. The van der Waals surface area contributed by atoms with Crippen LogP contribution in [-0.2, 0) is 9.53 Å². The molecule has 0 radical (unpaired) electrons. The molecule has 0 atom stereocenters. The van der Waals surface area contributed by atoms with Crippen LogP contribution in [0.4, 0.5) is 4.79 Å². The van der Waals surface area contributed by atoms with E-state index in [9.17, 15) is 9.59 Å². The normalized spacial score (nSPS) is 9.32. The molecule has 0 heterocycles. The zero-order valence-corrected chi connectivity index (χ0v) is 10.4. The van der Waals surface area contributed by atoms with Crippen molar-refractivity contribution in [3.05, 3.63) is 36.4 Å². The predicted molar refractivity (Wildman–Crippen MR) is 68.8 cm³/mol. The smallest absolute Gasteiger partial charge is 0.425 e. The van der Waals surface area contributed by atoms with Gasteiger partial charge in [0.1, 0.15) is 5.75 Å². The van der Waals surface area contributed by atoms with Gasteiger partial charge in [-0.25, -0.2) is 10.2 Å². The van der Waals surface area contributed by atoms with E-state index in [1.165, 1.54) is 7.11 Å². The third-order valence-corrected chi connectivity index (χ3v) is 2.08. The van der Waals surface area contributed by atoms with Gasteiger partial charge >= 0.3 is 6.09 Å². The van der Waals surface area contributed by atoms with E-state index in [1.807, 2.05) is 0 Å². The number of benzene rings is 1. The predicted octanol–water partition coefficient (Wildman–Crippen LogP) is 0.382. The summed E-state index contributed by atoms with van der Waals surface area (Å²) < 4.78 is 9.50. The van der Waals surface area contributed by atoms with Gasteiger partial charge in [0.05, 0.1) is 12.8 Å².